The highest BCUT2D eigenvalue weighted by Gasteiger charge is 2.44. The second kappa shape index (κ2) is 17.8. The minimum atomic E-state index is -0.666. The number of aromatic nitrogens is 6. The Morgan fingerprint density at radius 3 is 2.21 bits per heavy atom. The SMILES string of the molecule is CCn1nc(C)cc1C(=O)Nc1nc2cc(C(N)=O)cc(OC)c2n1C/C=C/Cn1c(NC(=O)[N+]2=CC=NC2C)nc2cc(C(N)=O)cc(OCCCN3CC4(CNCCO4)C3)c21. The first-order chi connectivity index (χ1) is 30.4. The lowest BCUT2D eigenvalue weighted by Gasteiger charge is -2.51. The number of likely N-dealkylation sites (tertiary alicyclic amines) is 1. The highest BCUT2D eigenvalue weighted by atomic mass is 16.5. The zero-order valence-electron chi connectivity index (χ0n) is 35.6. The quantitative estimate of drug-likeness (QED) is 0.0543. The van der Waals surface area contributed by atoms with Crippen LogP contribution in [0.1, 0.15) is 57.2 Å². The molecule has 63 heavy (non-hydrogen) atoms. The van der Waals surface area contributed by atoms with E-state index < -0.39 is 29.9 Å². The highest BCUT2D eigenvalue weighted by molar-refractivity contribution is 6.16. The van der Waals surface area contributed by atoms with Gasteiger partial charge in [0.2, 0.25) is 17.8 Å². The molecule has 7 N–H and O–H groups in total. The second-order valence-electron chi connectivity index (χ2n) is 15.7. The van der Waals surface area contributed by atoms with E-state index in [0.717, 1.165) is 32.7 Å². The number of imidazole rings is 2. The third-order valence-electron chi connectivity index (χ3n) is 11.2. The summed E-state index contributed by atoms with van der Waals surface area (Å²) in [6.45, 7) is 11.5. The normalized spacial score (nSPS) is 17.1. The lowest BCUT2D eigenvalue weighted by Crippen LogP contribution is -2.69. The number of nitrogens with one attached hydrogen (secondary N) is 3. The molecular weight excluding hydrogens is 813 g/mol. The van der Waals surface area contributed by atoms with Gasteiger partial charge in [0.1, 0.15) is 40.0 Å². The molecule has 3 aromatic heterocycles. The van der Waals surface area contributed by atoms with E-state index in [9.17, 15) is 19.2 Å². The molecule has 21 heteroatoms. The molecule has 2 saturated heterocycles. The minimum Gasteiger partial charge on any atom is -0.494 e. The number of anilines is 2. The number of hydrogen-bond acceptors (Lipinski definition) is 13. The Labute approximate surface area is 361 Å². The average molecular weight is 864 g/mol. The van der Waals surface area contributed by atoms with Crippen LogP contribution in [0.4, 0.5) is 16.7 Å². The first kappa shape index (κ1) is 42.7. The highest BCUT2D eigenvalue weighted by Crippen LogP contribution is 2.33. The minimum absolute atomic E-state index is 0.127. The van der Waals surface area contributed by atoms with E-state index in [4.69, 9.17) is 35.6 Å². The fourth-order valence-electron chi connectivity index (χ4n) is 8.19. The fourth-order valence-corrected chi connectivity index (χ4v) is 8.19. The molecule has 3 aliphatic rings. The van der Waals surface area contributed by atoms with Crippen molar-refractivity contribution in [3.05, 3.63) is 65.0 Å². The van der Waals surface area contributed by atoms with Crippen molar-refractivity contribution >= 4 is 70.1 Å². The van der Waals surface area contributed by atoms with Gasteiger partial charge in [0.05, 0.1) is 43.3 Å². The largest absolute Gasteiger partial charge is 0.500 e. The number of urea groups is 1. The van der Waals surface area contributed by atoms with Crippen LogP contribution in [-0.2, 0) is 24.4 Å². The lowest BCUT2D eigenvalue weighted by molar-refractivity contribution is -0.451. The van der Waals surface area contributed by atoms with Crippen LogP contribution in [0.15, 0.2) is 47.5 Å². The first-order valence-electron chi connectivity index (χ1n) is 20.8. The summed E-state index contributed by atoms with van der Waals surface area (Å²) in [6.07, 6.45) is 7.12. The average Bonchev–Trinajstić information content (AvgIpc) is 4.03. The zero-order chi connectivity index (χ0) is 44.4. The van der Waals surface area contributed by atoms with Crippen molar-refractivity contribution in [3.63, 3.8) is 0 Å². The molecule has 2 aromatic carbocycles. The smallest absolute Gasteiger partial charge is 0.494 e. The zero-order valence-corrected chi connectivity index (χ0v) is 35.6. The molecule has 0 aliphatic carbocycles. The Morgan fingerprint density at radius 1 is 0.968 bits per heavy atom. The van der Waals surface area contributed by atoms with Crippen molar-refractivity contribution in [2.24, 2.45) is 16.5 Å². The molecule has 0 radical (unpaired) electrons. The van der Waals surface area contributed by atoms with Crippen LogP contribution in [0.3, 0.4) is 0 Å². The van der Waals surface area contributed by atoms with Crippen LogP contribution in [0.25, 0.3) is 22.1 Å². The van der Waals surface area contributed by atoms with E-state index >= 15 is 0 Å². The third kappa shape index (κ3) is 8.74. The number of primary amides is 2. The van der Waals surface area contributed by atoms with Gasteiger partial charge < -0.3 is 35.6 Å². The van der Waals surface area contributed by atoms with Crippen LogP contribution in [-0.4, -0.2) is 139 Å². The predicted molar refractivity (Wildman–Crippen MR) is 234 cm³/mol. The second-order valence-corrected chi connectivity index (χ2v) is 15.7. The van der Waals surface area contributed by atoms with Crippen molar-refractivity contribution in [1.29, 1.82) is 0 Å². The van der Waals surface area contributed by atoms with Crippen LogP contribution < -0.4 is 36.9 Å². The van der Waals surface area contributed by atoms with Gasteiger partial charge in [-0.25, -0.2) is 9.98 Å². The number of benzene rings is 2. The number of methoxy groups -OCH3 is 1. The number of amides is 5. The summed E-state index contributed by atoms with van der Waals surface area (Å²) in [5, 5.41) is 13.6. The molecular formula is C42H51N14O7+. The van der Waals surface area contributed by atoms with Gasteiger partial charge >= 0.3 is 12.0 Å². The van der Waals surface area contributed by atoms with E-state index in [1.807, 2.05) is 19.1 Å². The van der Waals surface area contributed by atoms with Crippen LogP contribution in [0, 0.1) is 6.92 Å². The molecule has 330 valence electrons. The monoisotopic (exact) mass is 863 g/mol. The van der Waals surface area contributed by atoms with Crippen molar-refractivity contribution in [2.75, 3.05) is 63.7 Å². The first-order valence-corrected chi connectivity index (χ1v) is 20.8. The van der Waals surface area contributed by atoms with Gasteiger partial charge in [0, 0.05) is 63.5 Å². The van der Waals surface area contributed by atoms with Gasteiger partial charge in [-0.2, -0.15) is 24.8 Å². The molecule has 3 aliphatic heterocycles. The summed E-state index contributed by atoms with van der Waals surface area (Å²) in [4.78, 5) is 68.1. The number of nitrogens with zero attached hydrogens (tertiary/aromatic N) is 9. The molecule has 1 spiro atoms. The molecule has 5 aromatic rings. The molecule has 21 nitrogen and oxygen atoms in total. The third-order valence-corrected chi connectivity index (χ3v) is 11.2. The molecule has 0 bridgehead atoms. The Morgan fingerprint density at radius 2 is 1.62 bits per heavy atom. The van der Waals surface area contributed by atoms with Gasteiger partial charge in [0.15, 0.2) is 6.17 Å². The number of fused-ring (bicyclic) bond motifs is 2. The summed E-state index contributed by atoms with van der Waals surface area (Å²) in [5.74, 6) is -0.690. The number of hydrogen-bond donors (Lipinski definition) is 5. The Bertz CT molecular complexity index is 2700. The Balaban J connectivity index is 1.10. The van der Waals surface area contributed by atoms with E-state index in [0.29, 0.717) is 71.1 Å². The van der Waals surface area contributed by atoms with Gasteiger partial charge in [0.25, 0.3) is 5.91 Å². The number of carbonyl (C=O) groups is 4. The summed E-state index contributed by atoms with van der Waals surface area (Å²) < 4.78 is 24.7. The number of rotatable bonds is 16. The molecule has 1 atom stereocenters. The predicted octanol–water partition coefficient (Wildman–Crippen LogP) is 2.11. The van der Waals surface area contributed by atoms with Gasteiger partial charge in [-0.05, 0) is 57.5 Å². The number of ether oxygens (including phenoxy) is 3. The maximum absolute atomic E-state index is 13.7. The van der Waals surface area contributed by atoms with Crippen LogP contribution >= 0.6 is 0 Å². The van der Waals surface area contributed by atoms with Crippen molar-refractivity contribution < 1.29 is 38.0 Å². The summed E-state index contributed by atoms with van der Waals surface area (Å²) in [6, 6.07) is 7.45. The van der Waals surface area contributed by atoms with E-state index in [1.54, 1.807) is 58.3 Å². The number of aryl methyl sites for hydroxylation is 2. The van der Waals surface area contributed by atoms with Gasteiger partial charge in [-0.1, -0.05) is 12.2 Å². The number of aliphatic imine (C=N–C) groups is 1. The molecule has 5 amide bonds. The maximum Gasteiger partial charge on any atom is 0.500 e. The van der Waals surface area contributed by atoms with Gasteiger partial charge in [-0.3, -0.25) is 33.8 Å². The molecule has 1 unspecified atom stereocenters. The number of allylic oxidation sites excluding steroid dienone is 2. The van der Waals surface area contributed by atoms with E-state index in [1.165, 1.54) is 23.8 Å². The molecule has 6 heterocycles. The summed E-state index contributed by atoms with van der Waals surface area (Å²) >= 11 is 0. The molecule has 0 saturated carbocycles. The Kier molecular flexibility index (Phi) is 12.1. The standard InChI is InChI=1S/C42H50N14O7/c1-5-56-31(17-25(2)51-56)38(59)49-39-47-29-18-27(36(43)57)20-32(61-4)34(29)54(39)12-6-7-13-55-35-30(48-40(55)50-41(60)53-14-9-46-26(53)3)19-28(37(44)58)21-33(35)62-15-8-11-52-23-42(24-52)22-45-10-16-63-42/h6-7,9,14,17-21,26,45H,5,8,10-13,15-16,22-24H2,1-4H3,(H5-,43,44,47,48,49,50,57,58,59,60)/p+1/b7-6+. The number of carbonyl (C=O) groups excluding carboxylic acids is 4. The van der Waals surface area contributed by atoms with Crippen LogP contribution in [0.5, 0.6) is 11.5 Å². The van der Waals surface area contributed by atoms with Crippen molar-refractivity contribution in [2.45, 2.75) is 58.6 Å². The lowest BCUT2D eigenvalue weighted by atomic mass is 9.92. The Hall–Kier alpha value is -6.97. The summed E-state index contributed by atoms with van der Waals surface area (Å²) in [7, 11) is 1.47. The fraction of sp³-hybridized carbons (Fsp3) is 0.405. The topological polar surface area (TPSA) is 256 Å². The molecule has 8 rings (SSSR count). The summed E-state index contributed by atoms with van der Waals surface area (Å²) in [5.41, 5.74) is 14.5. The van der Waals surface area contributed by atoms with E-state index in [2.05, 4.69) is 30.9 Å². The van der Waals surface area contributed by atoms with Crippen LogP contribution in [0.2, 0.25) is 0 Å². The van der Waals surface area contributed by atoms with Gasteiger partial charge in [-0.15, -0.1) is 0 Å². The number of morpholine rings is 1. The van der Waals surface area contributed by atoms with Crippen molar-refractivity contribution in [3.8, 4) is 11.5 Å². The van der Waals surface area contributed by atoms with Crippen molar-refractivity contribution in [1.82, 2.24) is 39.1 Å². The number of nitrogens with two attached hydrogens (primary N) is 2. The maximum atomic E-state index is 13.7. The molecule has 2 fully saturated rings. The van der Waals surface area contributed by atoms with E-state index in [-0.39, 0.29) is 41.7 Å².